The van der Waals surface area contributed by atoms with E-state index in [-0.39, 0.29) is 11.7 Å². The Balaban J connectivity index is 1.78. The first-order valence-electron chi connectivity index (χ1n) is 7.87. The van der Waals surface area contributed by atoms with Crippen molar-refractivity contribution in [3.05, 3.63) is 41.0 Å². The zero-order valence-corrected chi connectivity index (χ0v) is 12.3. The van der Waals surface area contributed by atoms with Gasteiger partial charge < -0.3 is 0 Å². The molecule has 0 aliphatic heterocycles. The molecule has 0 heterocycles. The highest BCUT2D eigenvalue weighted by molar-refractivity contribution is 6.02. The molecule has 1 aromatic carbocycles. The molecule has 2 aliphatic carbocycles. The van der Waals surface area contributed by atoms with Crippen LogP contribution < -0.4 is 0 Å². The Hall–Kier alpha value is -1.58. The van der Waals surface area contributed by atoms with Crippen molar-refractivity contribution in [2.24, 2.45) is 11.8 Å². The predicted octanol–water partition coefficient (Wildman–Crippen LogP) is 5.26. The van der Waals surface area contributed by atoms with Crippen molar-refractivity contribution in [2.45, 2.75) is 44.7 Å². The second-order valence-corrected chi connectivity index (χ2v) is 6.34. The van der Waals surface area contributed by atoms with E-state index in [0.29, 0.717) is 11.5 Å². The van der Waals surface area contributed by atoms with Crippen LogP contribution in [0.1, 0.15) is 49.7 Å². The summed E-state index contributed by atoms with van der Waals surface area (Å²) < 4.78 is 37.7. The van der Waals surface area contributed by atoms with Crippen LogP contribution in [0.5, 0.6) is 0 Å². The Kier molecular flexibility index (Phi) is 4.11. The largest absolute Gasteiger partial charge is 0.416 e. The summed E-state index contributed by atoms with van der Waals surface area (Å²) in [5.41, 5.74) is 0.797. The molecular weight excluding hydrogens is 289 g/mol. The summed E-state index contributed by atoms with van der Waals surface area (Å²) in [4.78, 5) is 12.5. The number of alkyl halides is 3. The van der Waals surface area contributed by atoms with E-state index in [4.69, 9.17) is 0 Å². The van der Waals surface area contributed by atoms with Gasteiger partial charge in [-0.1, -0.05) is 25.0 Å². The highest BCUT2D eigenvalue weighted by atomic mass is 19.4. The first-order valence-corrected chi connectivity index (χ1v) is 7.87. The molecule has 2 saturated carbocycles. The smallest absolute Gasteiger partial charge is 0.294 e. The van der Waals surface area contributed by atoms with Crippen LogP contribution in [0.2, 0.25) is 0 Å². The molecule has 2 aliphatic rings. The van der Waals surface area contributed by atoms with E-state index in [0.717, 1.165) is 49.8 Å². The van der Waals surface area contributed by atoms with E-state index < -0.39 is 11.7 Å². The van der Waals surface area contributed by atoms with E-state index >= 15 is 0 Å². The van der Waals surface area contributed by atoms with Gasteiger partial charge in [-0.3, -0.25) is 4.79 Å². The van der Waals surface area contributed by atoms with Crippen LogP contribution in [-0.4, -0.2) is 5.78 Å². The number of hydrogen-bond acceptors (Lipinski definition) is 1. The van der Waals surface area contributed by atoms with Crippen LogP contribution in [0.3, 0.4) is 0 Å². The monoisotopic (exact) mass is 308 g/mol. The average Bonchev–Trinajstić information content (AvgIpc) is 2.50. The van der Waals surface area contributed by atoms with Crippen molar-refractivity contribution >= 4 is 11.9 Å². The molecule has 118 valence electrons. The first kappa shape index (κ1) is 15.3. The van der Waals surface area contributed by atoms with E-state index in [2.05, 4.69) is 0 Å². The van der Waals surface area contributed by atoms with Crippen molar-refractivity contribution < 1.29 is 18.0 Å². The maximum absolute atomic E-state index is 12.6. The van der Waals surface area contributed by atoms with Crippen LogP contribution in [0.25, 0.3) is 6.08 Å². The van der Waals surface area contributed by atoms with Crippen molar-refractivity contribution in [1.29, 1.82) is 0 Å². The van der Waals surface area contributed by atoms with E-state index in [1.165, 1.54) is 18.6 Å². The van der Waals surface area contributed by atoms with Gasteiger partial charge in [0.2, 0.25) is 0 Å². The number of halogens is 3. The second-order valence-electron chi connectivity index (χ2n) is 6.34. The minimum Gasteiger partial charge on any atom is -0.294 e. The summed E-state index contributed by atoms with van der Waals surface area (Å²) in [5.74, 6) is 0.880. The molecule has 0 amide bonds. The fourth-order valence-electron chi connectivity index (χ4n) is 3.71. The maximum Gasteiger partial charge on any atom is 0.416 e. The van der Waals surface area contributed by atoms with Gasteiger partial charge in [-0.25, -0.2) is 0 Å². The van der Waals surface area contributed by atoms with Gasteiger partial charge in [0.05, 0.1) is 5.56 Å². The Labute approximate surface area is 128 Å². The fourth-order valence-corrected chi connectivity index (χ4v) is 3.71. The maximum atomic E-state index is 12.6. The number of fused-ring (bicyclic) bond motifs is 1. The van der Waals surface area contributed by atoms with Gasteiger partial charge in [-0.05, 0) is 60.9 Å². The molecule has 0 radical (unpaired) electrons. The van der Waals surface area contributed by atoms with E-state index in [9.17, 15) is 18.0 Å². The van der Waals surface area contributed by atoms with Gasteiger partial charge in [-0.2, -0.15) is 13.2 Å². The van der Waals surface area contributed by atoms with Gasteiger partial charge in [-0.15, -0.1) is 0 Å². The third kappa shape index (κ3) is 3.11. The minimum absolute atomic E-state index is 0.142. The number of carbonyl (C=O) groups is 1. The average molecular weight is 308 g/mol. The van der Waals surface area contributed by atoms with Crippen LogP contribution in [0, 0.1) is 11.8 Å². The third-order valence-corrected chi connectivity index (χ3v) is 4.93. The molecule has 4 heteroatoms. The number of hydrogen-bond donors (Lipinski definition) is 0. The van der Waals surface area contributed by atoms with Crippen molar-refractivity contribution in [1.82, 2.24) is 0 Å². The molecule has 0 N–H and O–H groups in total. The summed E-state index contributed by atoms with van der Waals surface area (Å²) in [6.07, 6.45) is 3.67. The molecule has 3 rings (SSSR count). The molecule has 2 fully saturated rings. The van der Waals surface area contributed by atoms with Gasteiger partial charge in [0.1, 0.15) is 0 Å². The Morgan fingerprint density at radius 1 is 1.00 bits per heavy atom. The Morgan fingerprint density at radius 2 is 1.68 bits per heavy atom. The molecule has 0 spiro atoms. The normalized spacial score (nSPS) is 27.8. The van der Waals surface area contributed by atoms with E-state index in [1.807, 2.05) is 0 Å². The first-order chi connectivity index (χ1) is 10.4. The highest BCUT2D eigenvalue weighted by Crippen LogP contribution is 2.41. The number of rotatable bonds is 1. The predicted molar refractivity (Wildman–Crippen MR) is 79.1 cm³/mol. The van der Waals surface area contributed by atoms with Gasteiger partial charge in [0.25, 0.3) is 0 Å². The molecule has 0 bridgehead atoms. The van der Waals surface area contributed by atoms with Gasteiger partial charge in [0, 0.05) is 5.92 Å². The van der Waals surface area contributed by atoms with Gasteiger partial charge >= 0.3 is 6.18 Å². The molecule has 1 aromatic rings. The minimum atomic E-state index is -4.32. The van der Waals surface area contributed by atoms with Crippen molar-refractivity contribution in [3.63, 3.8) is 0 Å². The van der Waals surface area contributed by atoms with E-state index in [1.54, 1.807) is 6.08 Å². The lowest BCUT2D eigenvalue weighted by Gasteiger charge is -2.35. The van der Waals surface area contributed by atoms with Crippen molar-refractivity contribution in [2.75, 3.05) is 0 Å². The molecule has 1 nitrogen and oxygen atoms in total. The van der Waals surface area contributed by atoms with Crippen LogP contribution in [0.4, 0.5) is 13.2 Å². The lowest BCUT2D eigenvalue weighted by molar-refractivity contribution is -0.137. The summed E-state index contributed by atoms with van der Waals surface area (Å²) >= 11 is 0. The highest BCUT2D eigenvalue weighted by Gasteiger charge is 2.36. The molecule has 2 atom stereocenters. The fraction of sp³-hybridized carbons (Fsp3) is 0.500. The number of benzene rings is 1. The molecule has 22 heavy (non-hydrogen) atoms. The summed E-state index contributed by atoms with van der Waals surface area (Å²) in [6.45, 7) is 0. The van der Waals surface area contributed by atoms with Crippen LogP contribution in [0.15, 0.2) is 29.8 Å². The van der Waals surface area contributed by atoms with Gasteiger partial charge in [0.15, 0.2) is 5.78 Å². The Morgan fingerprint density at radius 3 is 2.36 bits per heavy atom. The molecular formula is C18H19F3O. The number of ketones is 1. The zero-order chi connectivity index (χ0) is 15.7. The lowest BCUT2D eigenvalue weighted by atomic mass is 9.68. The Bertz CT molecular complexity index is 583. The summed E-state index contributed by atoms with van der Waals surface area (Å²) in [7, 11) is 0. The topological polar surface area (TPSA) is 17.1 Å². The molecule has 0 aromatic heterocycles. The van der Waals surface area contributed by atoms with Crippen LogP contribution in [-0.2, 0) is 11.0 Å². The SMILES string of the molecule is O=C1/C(=C/c2ccc(C(F)(F)F)cc2)CCC2CCCCC12. The molecule has 0 saturated heterocycles. The lowest BCUT2D eigenvalue weighted by Crippen LogP contribution is -2.32. The standard InChI is InChI=1S/C18H19F3O/c19-18(20,21)15-9-5-12(6-10-15)11-14-8-7-13-3-1-2-4-16(13)17(14)22/h5-6,9-11,13,16H,1-4,7-8H2/b14-11+. The summed E-state index contributed by atoms with van der Waals surface area (Å²) in [6, 6.07) is 5.03. The third-order valence-electron chi connectivity index (χ3n) is 4.93. The quantitative estimate of drug-likeness (QED) is 0.647. The zero-order valence-electron chi connectivity index (χ0n) is 12.3. The second kappa shape index (κ2) is 5.90. The van der Waals surface area contributed by atoms with Crippen molar-refractivity contribution in [3.8, 4) is 0 Å². The number of Topliss-reactive ketones (excluding diaryl/α,β-unsaturated/α-hetero) is 1. The number of allylic oxidation sites excluding steroid dienone is 1. The number of carbonyl (C=O) groups excluding carboxylic acids is 1. The van der Waals surface area contributed by atoms with Crippen LogP contribution >= 0.6 is 0 Å². The molecule has 2 unspecified atom stereocenters. The summed E-state index contributed by atoms with van der Waals surface area (Å²) in [5, 5.41) is 0.